The topological polar surface area (TPSA) is 84.9 Å². The van der Waals surface area contributed by atoms with E-state index in [0.29, 0.717) is 24.3 Å². The van der Waals surface area contributed by atoms with Crippen LogP contribution in [0.25, 0.3) is 0 Å². The third kappa shape index (κ3) is 5.99. The minimum atomic E-state index is -1.08. The van der Waals surface area contributed by atoms with Gasteiger partial charge in [0.25, 0.3) is 5.91 Å². The van der Waals surface area contributed by atoms with Crippen LogP contribution in [0.1, 0.15) is 12.8 Å². The summed E-state index contributed by atoms with van der Waals surface area (Å²) in [7, 11) is 1.53. The molecule has 0 aliphatic carbocycles. The zero-order valence-corrected chi connectivity index (χ0v) is 11.9. The molecule has 6 nitrogen and oxygen atoms in total. The number of hydrogen-bond donors (Lipinski definition) is 2. The van der Waals surface area contributed by atoms with E-state index < -0.39 is 17.9 Å². The number of carboxylic acids is 1. The summed E-state index contributed by atoms with van der Waals surface area (Å²) in [6, 6.07) is 5.87. The molecule has 0 heterocycles. The predicted molar refractivity (Wildman–Crippen MR) is 77.5 cm³/mol. The van der Waals surface area contributed by atoms with E-state index in [-0.39, 0.29) is 6.61 Å². The molecule has 1 unspecified atom stereocenters. The predicted octanol–water partition coefficient (Wildman–Crippen LogP) is 1.61. The van der Waals surface area contributed by atoms with E-state index in [1.165, 1.54) is 7.11 Å². The number of allylic oxidation sites excluding steroid dienone is 1. The van der Waals surface area contributed by atoms with Gasteiger partial charge in [0.1, 0.15) is 17.5 Å². The van der Waals surface area contributed by atoms with Crippen LogP contribution in [0.4, 0.5) is 0 Å². The Labute approximate surface area is 123 Å². The van der Waals surface area contributed by atoms with Crippen LogP contribution >= 0.6 is 0 Å². The van der Waals surface area contributed by atoms with Crippen molar-refractivity contribution >= 4 is 11.9 Å². The standard InChI is InChI=1S/C15H19NO5/c1-3-4-8-13(15(18)19)16-14(17)10-21-12-7-5-6-11(9-12)20-2/h3,5-7,9,13H,1,4,8,10H2,2H3,(H,16,17)(H,18,19). The van der Waals surface area contributed by atoms with Crippen LogP contribution in [0, 0.1) is 0 Å². The van der Waals surface area contributed by atoms with Gasteiger partial charge in [0.05, 0.1) is 7.11 Å². The van der Waals surface area contributed by atoms with Crippen LogP contribution in [0.2, 0.25) is 0 Å². The molecule has 1 aromatic carbocycles. The van der Waals surface area contributed by atoms with Crippen molar-refractivity contribution in [3.05, 3.63) is 36.9 Å². The molecule has 0 spiro atoms. The SMILES string of the molecule is C=CCCC(NC(=O)COc1cccc(OC)c1)C(=O)O. The van der Waals surface area contributed by atoms with Crippen molar-refractivity contribution in [2.45, 2.75) is 18.9 Å². The Balaban J connectivity index is 2.48. The molecule has 0 bridgehead atoms. The number of carbonyl (C=O) groups is 2. The van der Waals surface area contributed by atoms with Gasteiger partial charge in [-0.25, -0.2) is 4.79 Å². The molecule has 114 valence electrons. The number of aliphatic carboxylic acids is 1. The molecule has 1 rings (SSSR count). The first-order valence-corrected chi connectivity index (χ1v) is 6.46. The van der Waals surface area contributed by atoms with E-state index in [9.17, 15) is 9.59 Å². The lowest BCUT2D eigenvalue weighted by molar-refractivity contribution is -0.142. The van der Waals surface area contributed by atoms with Gasteiger partial charge < -0.3 is 19.9 Å². The Kier molecular flexibility index (Phi) is 6.80. The molecule has 6 heteroatoms. The van der Waals surface area contributed by atoms with Gasteiger partial charge >= 0.3 is 5.97 Å². The van der Waals surface area contributed by atoms with Crippen molar-refractivity contribution in [2.24, 2.45) is 0 Å². The number of hydrogen-bond acceptors (Lipinski definition) is 4. The average Bonchev–Trinajstić information content (AvgIpc) is 2.49. The van der Waals surface area contributed by atoms with E-state index in [1.54, 1.807) is 30.3 Å². The molecule has 2 N–H and O–H groups in total. The Hall–Kier alpha value is -2.50. The fourth-order valence-corrected chi connectivity index (χ4v) is 1.62. The summed E-state index contributed by atoms with van der Waals surface area (Å²) in [5.41, 5.74) is 0. The highest BCUT2D eigenvalue weighted by molar-refractivity contribution is 5.84. The zero-order valence-electron chi connectivity index (χ0n) is 11.9. The lowest BCUT2D eigenvalue weighted by Crippen LogP contribution is -2.42. The van der Waals surface area contributed by atoms with Crippen LogP contribution < -0.4 is 14.8 Å². The minimum Gasteiger partial charge on any atom is -0.497 e. The monoisotopic (exact) mass is 293 g/mol. The van der Waals surface area contributed by atoms with Crippen LogP contribution in [-0.4, -0.2) is 36.7 Å². The number of nitrogens with one attached hydrogen (secondary N) is 1. The second-order valence-electron chi connectivity index (χ2n) is 4.29. The van der Waals surface area contributed by atoms with E-state index in [1.807, 2.05) is 0 Å². The second kappa shape index (κ2) is 8.63. The van der Waals surface area contributed by atoms with Gasteiger partial charge in [-0.05, 0) is 25.0 Å². The van der Waals surface area contributed by atoms with Gasteiger partial charge in [-0.1, -0.05) is 12.1 Å². The third-order valence-corrected chi connectivity index (χ3v) is 2.70. The van der Waals surface area contributed by atoms with E-state index in [0.717, 1.165) is 0 Å². The van der Waals surface area contributed by atoms with Crippen LogP contribution in [0.5, 0.6) is 11.5 Å². The highest BCUT2D eigenvalue weighted by atomic mass is 16.5. The first-order valence-electron chi connectivity index (χ1n) is 6.46. The quantitative estimate of drug-likeness (QED) is 0.676. The summed E-state index contributed by atoms with van der Waals surface area (Å²) in [6.07, 6.45) is 2.41. The van der Waals surface area contributed by atoms with Crippen molar-refractivity contribution in [2.75, 3.05) is 13.7 Å². The molecular weight excluding hydrogens is 274 g/mol. The minimum absolute atomic E-state index is 0.259. The molecule has 0 fully saturated rings. The smallest absolute Gasteiger partial charge is 0.326 e. The van der Waals surface area contributed by atoms with E-state index in [2.05, 4.69) is 11.9 Å². The van der Waals surface area contributed by atoms with Crippen LogP contribution in [0.3, 0.4) is 0 Å². The van der Waals surface area contributed by atoms with Gasteiger partial charge in [0.15, 0.2) is 6.61 Å². The fraction of sp³-hybridized carbons (Fsp3) is 0.333. The summed E-state index contributed by atoms with van der Waals surface area (Å²) in [6.45, 7) is 3.26. The first-order chi connectivity index (χ1) is 10.1. The number of methoxy groups -OCH3 is 1. The number of carboxylic acid groups (broad SMARTS) is 1. The van der Waals surface area contributed by atoms with Crippen LogP contribution in [-0.2, 0) is 9.59 Å². The van der Waals surface area contributed by atoms with Crippen molar-refractivity contribution in [1.29, 1.82) is 0 Å². The van der Waals surface area contributed by atoms with E-state index >= 15 is 0 Å². The molecule has 0 aliphatic rings. The van der Waals surface area contributed by atoms with Crippen LogP contribution in [0.15, 0.2) is 36.9 Å². The number of benzene rings is 1. The normalized spacial score (nSPS) is 11.3. The maximum absolute atomic E-state index is 11.7. The molecule has 1 aromatic rings. The molecule has 0 aromatic heterocycles. The molecule has 1 amide bonds. The van der Waals surface area contributed by atoms with E-state index in [4.69, 9.17) is 14.6 Å². The highest BCUT2D eigenvalue weighted by Crippen LogP contribution is 2.18. The first kappa shape index (κ1) is 16.6. The molecule has 0 saturated heterocycles. The number of amides is 1. The highest BCUT2D eigenvalue weighted by Gasteiger charge is 2.19. The summed E-state index contributed by atoms with van der Waals surface area (Å²) >= 11 is 0. The van der Waals surface area contributed by atoms with Crippen molar-refractivity contribution in [3.63, 3.8) is 0 Å². The van der Waals surface area contributed by atoms with Crippen molar-refractivity contribution in [3.8, 4) is 11.5 Å². The Morgan fingerprint density at radius 1 is 1.43 bits per heavy atom. The lowest BCUT2D eigenvalue weighted by atomic mass is 10.1. The Morgan fingerprint density at radius 2 is 2.14 bits per heavy atom. The Morgan fingerprint density at radius 3 is 2.76 bits per heavy atom. The van der Waals surface area contributed by atoms with Gasteiger partial charge in [0, 0.05) is 6.07 Å². The summed E-state index contributed by atoms with van der Waals surface area (Å²) < 4.78 is 10.3. The molecule has 1 atom stereocenters. The second-order valence-corrected chi connectivity index (χ2v) is 4.29. The largest absolute Gasteiger partial charge is 0.497 e. The molecule has 21 heavy (non-hydrogen) atoms. The molecule has 0 radical (unpaired) electrons. The van der Waals surface area contributed by atoms with Gasteiger partial charge in [-0.3, -0.25) is 4.79 Å². The summed E-state index contributed by atoms with van der Waals surface area (Å²) in [5.74, 6) is -0.481. The maximum Gasteiger partial charge on any atom is 0.326 e. The summed E-state index contributed by atoms with van der Waals surface area (Å²) in [4.78, 5) is 22.7. The fourth-order valence-electron chi connectivity index (χ4n) is 1.62. The number of ether oxygens (including phenoxy) is 2. The lowest BCUT2D eigenvalue weighted by Gasteiger charge is -2.14. The zero-order chi connectivity index (χ0) is 15.7. The average molecular weight is 293 g/mol. The Bertz CT molecular complexity index is 501. The van der Waals surface area contributed by atoms with Crippen molar-refractivity contribution in [1.82, 2.24) is 5.32 Å². The number of carbonyl (C=O) groups excluding carboxylic acids is 1. The van der Waals surface area contributed by atoms with Gasteiger partial charge in [0.2, 0.25) is 0 Å². The molecule has 0 aliphatic heterocycles. The maximum atomic E-state index is 11.7. The van der Waals surface area contributed by atoms with Crippen molar-refractivity contribution < 1.29 is 24.2 Å². The third-order valence-electron chi connectivity index (χ3n) is 2.70. The number of rotatable bonds is 9. The molecule has 0 saturated carbocycles. The van der Waals surface area contributed by atoms with Gasteiger partial charge in [-0.15, -0.1) is 6.58 Å². The summed E-state index contributed by atoms with van der Waals surface area (Å²) in [5, 5.41) is 11.4. The molecular formula is C15H19NO5. The van der Waals surface area contributed by atoms with Gasteiger partial charge in [-0.2, -0.15) is 0 Å².